The van der Waals surface area contributed by atoms with Crippen LogP contribution in [0.15, 0.2) is 18.5 Å². The first-order valence-electron chi connectivity index (χ1n) is 9.26. The number of amides is 1. The Bertz CT molecular complexity index is 1010. The second kappa shape index (κ2) is 9.30. The third-order valence-electron chi connectivity index (χ3n) is 4.14. The number of ether oxygens (including phenoxy) is 1. The molecule has 0 unspecified atom stereocenters. The average molecular weight is 442 g/mol. The van der Waals surface area contributed by atoms with Crippen molar-refractivity contribution in [3.8, 4) is 11.5 Å². The number of fused-ring (bicyclic) bond motifs is 1. The summed E-state index contributed by atoms with van der Waals surface area (Å²) in [5.74, 6) is 0.841. The van der Waals surface area contributed by atoms with Gasteiger partial charge in [0, 0.05) is 24.5 Å². The second-order valence-corrected chi connectivity index (χ2v) is 9.12. The van der Waals surface area contributed by atoms with Crippen LogP contribution in [0.3, 0.4) is 0 Å². The Morgan fingerprint density at radius 3 is 2.47 bits per heavy atom. The fourth-order valence-electron chi connectivity index (χ4n) is 2.85. The first-order valence-corrected chi connectivity index (χ1v) is 10.7. The molecule has 2 aromatic rings. The number of aromatic nitrogens is 2. The highest BCUT2D eigenvalue weighted by molar-refractivity contribution is 7.87. The maximum absolute atomic E-state index is 12.3. The van der Waals surface area contributed by atoms with Gasteiger partial charge in [0.15, 0.2) is 11.5 Å². The van der Waals surface area contributed by atoms with Gasteiger partial charge in [0.05, 0.1) is 18.2 Å². The number of unbranched alkanes of at least 4 members (excludes halogenated alkanes) is 1. The number of nitrogens with zero attached hydrogens (tertiary/aromatic N) is 3. The van der Waals surface area contributed by atoms with E-state index < -0.39 is 21.8 Å². The predicted octanol–water partition coefficient (Wildman–Crippen LogP) is 2.15. The lowest BCUT2D eigenvalue weighted by Gasteiger charge is -2.31. The monoisotopic (exact) mass is 441 g/mol. The van der Waals surface area contributed by atoms with Gasteiger partial charge in [0.2, 0.25) is 0 Å². The largest absolute Gasteiger partial charge is 0.504 e. The van der Waals surface area contributed by atoms with Gasteiger partial charge in [-0.3, -0.25) is 0 Å². The van der Waals surface area contributed by atoms with E-state index in [4.69, 9.17) is 4.74 Å². The molecule has 0 bridgehead atoms. The summed E-state index contributed by atoms with van der Waals surface area (Å²) in [4.78, 5) is 19.6. The molecule has 4 N–H and O–H groups in total. The minimum absolute atomic E-state index is 0.0207. The van der Waals surface area contributed by atoms with E-state index in [1.165, 1.54) is 40.3 Å². The first-order chi connectivity index (χ1) is 14.0. The van der Waals surface area contributed by atoms with Crippen LogP contribution in [0.4, 0.5) is 10.6 Å². The minimum atomic E-state index is -4.15. The number of phenolic OH excluding ortho intramolecular Hbond substituents is 1. The number of phenols is 1. The number of hydrogen-bond donors (Lipinski definition) is 4. The number of hydrogen-bond acceptors (Lipinski definition) is 8. The van der Waals surface area contributed by atoms with Crippen LogP contribution in [0.25, 0.3) is 10.9 Å². The van der Waals surface area contributed by atoms with Gasteiger partial charge in [0.25, 0.3) is 0 Å². The summed E-state index contributed by atoms with van der Waals surface area (Å²) in [6, 6.07) is 3.12. The molecule has 166 valence electrons. The van der Waals surface area contributed by atoms with Crippen LogP contribution in [0.2, 0.25) is 0 Å². The van der Waals surface area contributed by atoms with Gasteiger partial charge in [-0.25, -0.2) is 14.8 Å². The summed E-state index contributed by atoms with van der Waals surface area (Å²) in [5.41, 5.74) is -0.544. The second-order valence-electron chi connectivity index (χ2n) is 7.51. The van der Waals surface area contributed by atoms with Crippen LogP contribution in [0.1, 0.15) is 33.6 Å². The smallest absolute Gasteiger partial charge is 0.422 e. The van der Waals surface area contributed by atoms with E-state index in [1.807, 2.05) is 0 Å². The predicted molar refractivity (Wildman–Crippen MR) is 112 cm³/mol. The zero-order valence-electron chi connectivity index (χ0n) is 17.3. The van der Waals surface area contributed by atoms with Crippen molar-refractivity contribution in [1.29, 1.82) is 0 Å². The SMILES string of the molecule is COc1cc2c(NCCCCNS(=O)(=O)N(C(=O)O)C(C)(C)C)ncnc2cc1O. The molecular weight excluding hydrogens is 414 g/mol. The highest BCUT2D eigenvalue weighted by Gasteiger charge is 2.36. The summed E-state index contributed by atoms with van der Waals surface area (Å²) in [6.45, 7) is 5.11. The molecule has 0 spiro atoms. The van der Waals surface area contributed by atoms with Gasteiger partial charge in [0.1, 0.15) is 12.1 Å². The normalized spacial score (nSPS) is 12.0. The lowest BCUT2D eigenvalue weighted by molar-refractivity contribution is 0.145. The average Bonchev–Trinajstić information content (AvgIpc) is 2.61. The fraction of sp³-hybridized carbons (Fsp3) is 0.500. The molecule has 12 heteroatoms. The standard InChI is InChI=1S/C18H27N5O6S/c1-18(2,3)23(17(25)26)30(27,28)22-8-6-5-7-19-16-12-9-15(29-4)14(24)10-13(12)20-11-21-16/h9-11,22,24H,5-8H2,1-4H3,(H,25,26)(H,19,20,21). The Morgan fingerprint density at radius 2 is 1.87 bits per heavy atom. The molecule has 1 heterocycles. The zero-order valence-corrected chi connectivity index (χ0v) is 18.2. The molecule has 0 aliphatic heterocycles. The summed E-state index contributed by atoms with van der Waals surface area (Å²) < 4.78 is 32.4. The molecule has 1 aromatic carbocycles. The van der Waals surface area contributed by atoms with E-state index in [-0.39, 0.29) is 12.3 Å². The number of carboxylic acid groups (broad SMARTS) is 1. The van der Waals surface area contributed by atoms with Crippen LogP contribution in [-0.4, -0.2) is 64.7 Å². The van der Waals surface area contributed by atoms with Crippen molar-refractivity contribution < 1.29 is 28.2 Å². The van der Waals surface area contributed by atoms with E-state index in [2.05, 4.69) is 20.0 Å². The molecule has 0 radical (unpaired) electrons. The van der Waals surface area contributed by atoms with Crippen molar-refractivity contribution in [2.75, 3.05) is 25.5 Å². The van der Waals surface area contributed by atoms with Crippen molar-refractivity contribution >= 4 is 33.0 Å². The van der Waals surface area contributed by atoms with E-state index >= 15 is 0 Å². The van der Waals surface area contributed by atoms with Gasteiger partial charge >= 0.3 is 16.3 Å². The van der Waals surface area contributed by atoms with Crippen molar-refractivity contribution in [3.05, 3.63) is 18.5 Å². The maximum atomic E-state index is 12.3. The summed E-state index contributed by atoms with van der Waals surface area (Å²) in [6.07, 6.45) is 0.925. The maximum Gasteiger partial charge on any atom is 0.422 e. The number of aromatic hydroxyl groups is 1. The third-order valence-corrected chi connectivity index (χ3v) is 5.89. The minimum Gasteiger partial charge on any atom is -0.504 e. The van der Waals surface area contributed by atoms with Gasteiger partial charge < -0.3 is 20.3 Å². The highest BCUT2D eigenvalue weighted by atomic mass is 32.2. The number of nitrogens with one attached hydrogen (secondary N) is 2. The van der Waals surface area contributed by atoms with E-state index in [0.717, 1.165) is 0 Å². The lowest BCUT2D eigenvalue weighted by atomic mass is 10.1. The number of benzene rings is 1. The van der Waals surface area contributed by atoms with Crippen molar-refractivity contribution in [1.82, 2.24) is 19.0 Å². The Morgan fingerprint density at radius 1 is 1.20 bits per heavy atom. The molecular formula is C18H27N5O6S. The molecule has 0 atom stereocenters. The van der Waals surface area contributed by atoms with Crippen LogP contribution < -0.4 is 14.8 Å². The molecule has 1 amide bonds. The van der Waals surface area contributed by atoms with Crippen molar-refractivity contribution in [2.45, 2.75) is 39.2 Å². The molecule has 30 heavy (non-hydrogen) atoms. The van der Waals surface area contributed by atoms with Gasteiger partial charge in [-0.1, -0.05) is 0 Å². The fourth-order valence-corrected chi connectivity index (χ4v) is 4.31. The third kappa shape index (κ3) is 5.60. The van der Waals surface area contributed by atoms with Crippen LogP contribution in [0.5, 0.6) is 11.5 Å². The Kier molecular flexibility index (Phi) is 7.26. The van der Waals surface area contributed by atoms with E-state index in [9.17, 15) is 23.4 Å². The molecule has 0 saturated carbocycles. The number of carbonyl (C=O) groups is 1. The van der Waals surface area contributed by atoms with Crippen molar-refractivity contribution in [3.63, 3.8) is 0 Å². The number of anilines is 1. The summed E-state index contributed by atoms with van der Waals surface area (Å²) in [5, 5.41) is 22.9. The number of methoxy groups -OCH3 is 1. The Balaban J connectivity index is 1.91. The highest BCUT2D eigenvalue weighted by Crippen LogP contribution is 2.32. The first kappa shape index (κ1) is 23.4. The van der Waals surface area contributed by atoms with Crippen LogP contribution in [-0.2, 0) is 10.2 Å². The molecule has 0 saturated heterocycles. The zero-order chi connectivity index (χ0) is 22.5. The summed E-state index contributed by atoms with van der Waals surface area (Å²) in [7, 11) is -2.71. The molecule has 0 aliphatic carbocycles. The summed E-state index contributed by atoms with van der Waals surface area (Å²) >= 11 is 0. The quantitative estimate of drug-likeness (QED) is 0.428. The lowest BCUT2D eigenvalue weighted by Crippen LogP contribution is -2.53. The van der Waals surface area contributed by atoms with E-state index in [1.54, 1.807) is 6.07 Å². The molecule has 0 aliphatic rings. The van der Waals surface area contributed by atoms with Gasteiger partial charge in [-0.2, -0.15) is 17.4 Å². The Labute approximate surface area is 175 Å². The molecule has 11 nitrogen and oxygen atoms in total. The number of rotatable bonds is 9. The Hall–Kier alpha value is -2.86. The molecule has 2 rings (SSSR count). The van der Waals surface area contributed by atoms with E-state index in [0.29, 0.717) is 46.2 Å². The van der Waals surface area contributed by atoms with Crippen LogP contribution >= 0.6 is 0 Å². The molecule has 1 aromatic heterocycles. The molecule has 0 fully saturated rings. The van der Waals surface area contributed by atoms with Gasteiger partial charge in [-0.15, -0.1) is 0 Å². The van der Waals surface area contributed by atoms with Crippen LogP contribution in [0, 0.1) is 0 Å². The van der Waals surface area contributed by atoms with Crippen molar-refractivity contribution in [2.24, 2.45) is 0 Å². The topological polar surface area (TPSA) is 154 Å². The van der Waals surface area contributed by atoms with Gasteiger partial charge in [-0.05, 0) is 39.7 Å².